The summed E-state index contributed by atoms with van der Waals surface area (Å²) in [7, 11) is 0. The molecule has 1 fully saturated rings. The molecule has 0 saturated carbocycles. The van der Waals surface area contributed by atoms with Crippen LogP contribution in [0.2, 0.25) is 0 Å². The molecule has 0 spiro atoms. The Labute approximate surface area is 114 Å². The molecule has 0 aromatic rings. The molecule has 3 unspecified atom stereocenters. The fraction of sp³-hybridized carbons (Fsp3) is 1.00. The molecule has 3 N–H and O–H groups in total. The summed E-state index contributed by atoms with van der Waals surface area (Å²) in [6.07, 6.45) is -1.84. The molecule has 1 heterocycles. The van der Waals surface area contributed by atoms with Crippen molar-refractivity contribution in [1.29, 1.82) is 0 Å². The molecule has 5 atom stereocenters. The van der Waals surface area contributed by atoms with Crippen LogP contribution in [0.25, 0.3) is 5.73 Å². The van der Waals surface area contributed by atoms with Crippen molar-refractivity contribution in [2.24, 2.45) is 0 Å². The van der Waals surface area contributed by atoms with E-state index in [2.05, 4.69) is 0 Å². The van der Waals surface area contributed by atoms with Gasteiger partial charge in [-0.2, -0.15) is 0 Å². The van der Waals surface area contributed by atoms with Gasteiger partial charge in [-0.1, -0.05) is 13.0 Å². The second kappa shape index (κ2) is 5.99. The molecular weight excluding hydrogens is 385 g/mol. The van der Waals surface area contributed by atoms with E-state index in [-0.39, 0.29) is 56.3 Å². The zero-order valence-electron chi connectivity index (χ0n) is 7.97. The number of hydrogen-bond donors (Lipinski definition) is 2. The van der Waals surface area contributed by atoms with E-state index < -0.39 is 18.2 Å². The van der Waals surface area contributed by atoms with E-state index in [0.29, 0.717) is 6.42 Å². The van der Waals surface area contributed by atoms with Crippen molar-refractivity contribution in [3.63, 3.8) is 0 Å². The summed E-state index contributed by atoms with van der Waals surface area (Å²) in [4.78, 5) is 0. The van der Waals surface area contributed by atoms with Gasteiger partial charge < -0.3 is 20.7 Å². The Hall–Kier alpha value is 1.28. The molecule has 1 aliphatic rings. The van der Waals surface area contributed by atoms with Crippen molar-refractivity contribution in [1.82, 2.24) is 0 Å². The zero-order chi connectivity index (χ0) is 9.30. The van der Waals surface area contributed by atoms with Gasteiger partial charge in [0, 0.05) is 50.2 Å². The first-order chi connectivity index (χ1) is 5.57. The van der Waals surface area contributed by atoms with Gasteiger partial charge in [0.1, 0.15) is 6.10 Å². The standard InChI is InChI=1S/C8H16NO3.Ac/c1-3-5-7(10)8(11)6(9)4(2)12-5;/h4-11H,3H2,1-2H3;/q-1;/t4-,5+,6?,7?,8?;/m0./s1. The molecule has 5 heteroatoms. The second-order valence-electron chi connectivity index (χ2n) is 3.29. The summed E-state index contributed by atoms with van der Waals surface area (Å²) in [5, 5.41) is 18.8. The van der Waals surface area contributed by atoms with Crippen LogP contribution in [0.15, 0.2) is 0 Å². The summed E-state index contributed by atoms with van der Waals surface area (Å²) in [6.45, 7) is 3.63. The Bertz CT molecular complexity index is 154. The van der Waals surface area contributed by atoms with Gasteiger partial charge in [0.05, 0.1) is 12.2 Å². The maximum atomic E-state index is 9.43. The van der Waals surface area contributed by atoms with Crippen LogP contribution in [0.1, 0.15) is 20.3 Å². The molecule has 0 amide bonds. The van der Waals surface area contributed by atoms with Crippen LogP contribution in [0.4, 0.5) is 0 Å². The Kier molecular flexibility index (Phi) is 6.59. The molecular formula is C8H16AcNO3-. The van der Waals surface area contributed by atoms with E-state index in [0.717, 1.165) is 0 Å². The average molecular weight is 401 g/mol. The smallest absolute Gasteiger partial charge is 0.105 e. The van der Waals surface area contributed by atoms with E-state index >= 15 is 0 Å². The third kappa shape index (κ3) is 3.12. The van der Waals surface area contributed by atoms with Crippen LogP contribution in [0.5, 0.6) is 0 Å². The molecule has 4 nitrogen and oxygen atoms in total. The Morgan fingerprint density at radius 2 is 1.85 bits per heavy atom. The fourth-order valence-electron chi connectivity index (χ4n) is 1.49. The quantitative estimate of drug-likeness (QED) is 0.665. The first-order valence-corrected chi connectivity index (χ1v) is 4.30. The Morgan fingerprint density at radius 1 is 1.31 bits per heavy atom. The van der Waals surface area contributed by atoms with Crippen LogP contribution >= 0.6 is 0 Å². The molecule has 0 bridgehead atoms. The predicted molar refractivity (Wildman–Crippen MR) is 44.7 cm³/mol. The maximum Gasteiger partial charge on any atom is 0.105 e. The van der Waals surface area contributed by atoms with Gasteiger partial charge in [0.2, 0.25) is 0 Å². The largest absolute Gasteiger partial charge is 0.670 e. The minimum Gasteiger partial charge on any atom is -0.670 e. The zero-order valence-corrected chi connectivity index (χ0v) is 12.7. The molecule has 1 rings (SSSR count). The van der Waals surface area contributed by atoms with E-state index in [1.807, 2.05) is 6.92 Å². The van der Waals surface area contributed by atoms with Crippen LogP contribution in [-0.4, -0.2) is 40.7 Å². The molecule has 13 heavy (non-hydrogen) atoms. The summed E-state index contributed by atoms with van der Waals surface area (Å²) < 4.78 is 5.33. The van der Waals surface area contributed by atoms with Crippen molar-refractivity contribution in [2.75, 3.05) is 0 Å². The van der Waals surface area contributed by atoms with Gasteiger partial charge in [-0.3, -0.25) is 0 Å². The minimum absolute atomic E-state index is 0. The van der Waals surface area contributed by atoms with Crippen molar-refractivity contribution >= 4 is 0 Å². The molecule has 75 valence electrons. The number of hydrogen-bond acceptors (Lipinski definition) is 3. The number of ether oxygens (including phenoxy) is 1. The van der Waals surface area contributed by atoms with Crippen molar-refractivity contribution in [3.05, 3.63) is 5.73 Å². The van der Waals surface area contributed by atoms with E-state index in [9.17, 15) is 10.2 Å². The van der Waals surface area contributed by atoms with Crippen LogP contribution in [-0.2, 0) is 4.74 Å². The van der Waals surface area contributed by atoms with Crippen molar-refractivity contribution in [2.45, 2.75) is 50.7 Å². The number of rotatable bonds is 1. The number of aliphatic hydroxyl groups is 2. The summed E-state index contributed by atoms with van der Waals surface area (Å²) in [5.74, 6) is 0. The molecule has 1 radical (unpaired) electrons. The molecule has 1 aliphatic heterocycles. The number of aliphatic hydroxyl groups excluding tert-OH is 2. The van der Waals surface area contributed by atoms with Gasteiger partial charge >= 0.3 is 0 Å². The minimum atomic E-state index is -0.973. The van der Waals surface area contributed by atoms with E-state index in [1.54, 1.807) is 6.92 Å². The first-order valence-electron chi connectivity index (χ1n) is 4.30. The SMILES string of the molecule is CC[C@H]1O[C@@H](C)C([NH-])C(O)C1O.[Ac]. The van der Waals surface area contributed by atoms with Crippen molar-refractivity contribution < 1.29 is 59.0 Å². The second-order valence-corrected chi connectivity index (χ2v) is 3.29. The summed E-state index contributed by atoms with van der Waals surface area (Å²) >= 11 is 0. The molecule has 0 aromatic heterocycles. The van der Waals surface area contributed by atoms with Crippen molar-refractivity contribution in [3.8, 4) is 0 Å². The van der Waals surface area contributed by atoms with Crippen LogP contribution in [0, 0.1) is 44.1 Å². The van der Waals surface area contributed by atoms with Gasteiger partial charge in [-0.05, 0) is 13.3 Å². The molecule has 0 aliphatic carbocycles. The third-order valence-corrected chi connectivity index (χ3v) is 2.40. The summed E-state index contributed by atoms with van der Waals surface area (Å²) in [5.41, 5.74) is 7.44. The van der Waals surface area contributed by atoms with Gasteiger partial charge in [-0.15, -0.1) is 0 Å². The van der Waals surface area contributed by atoms with E-state index in [1.165, 1.54) is 0 Å². The molecule has 0 aromatic carbocycles. The van der Waals surface area contributed by atoms with Crippen LogP contribution < -0.4 is 0 Å². The molecule has 1 saturated heterocycles. The Morgan fingerprint density at radius 3 is 2.31 bits per heavy atom. The monoisotopic (exact) mass is 401 g/mol. The third-order valence-electron chi connectivity index (χ3n) is 2.40. The van der Waals surface area contributed by atoms with Gasteiger partial charge in [0.25, 0.3) is 0 Å². The van der Waals surface area contributed by atoms with Gasteiger partial charge in [0.15, 0.2) is 0 Å². The van der Waals surface area contributed by atoms with E-state index in [4.69, 9.17) is 10.5 Å². The number of nitrogens with one attached hydrogen (secondary N) is 1. The Balaban J connectivity index is 0.00000144. The first kappa shape index (κ1) is 14.3. The predicted octanol–water partition coefficient (Wildman–Crippen LogP) is 0.326. The normalized spacial score (nSPS) is 45.5. The van der Waals surface area contributed by atoms with Gasteiger partial charge in [-0.25, -0.2) is 0 Å². The fourth-order valence-corrected chi connectivity index (χ4v) is 1.49. The average Bonchev–Trinajstić information content (AvgIpc) is 2.08. The maximum absolute atomic E-state index is 9.43. The topological polar surface area (TPSA) is 73.5 Å². The van der Waals surface area contributed by atoms with Crippen LogP contribution in [0.3, 0.4) is 0 Å². The summed E-state index contributed by atoms with van der Waals surface area (Å²) in [6, 6.07) is -0.734.